The molecule has 0 fully saturated rings. The molecule has 0 heterocycles. The number of amides is 3. The zero-order valence-corrected chi connectivity index (χ0v) is 21.8. The van der Waals surface area contributed by atoms with E-state index < -0.39 is 54.0 Å². The smallest absolute Gasteiger partial charge is 0.326 e. The number of carbonyl (C=O) groups excluding carboxylic acids is 3. The van der Waals surface area contributed by atoms with Gasteiger partial charge in [0.05, 0.1) is 6.10 Å². The van der Waals surface area contributed by atoms with Gasteiger partial charge in [0.2, 0.25) is 17.7 Å². The summed E-state index contributed by atoms with van der Waals surface area (Å²) >= 11 is 1.45. The molecule has 3 amide bonds. The van der Waals surface area contributed by atoms with Gasteiger partial charge in [-0.25, -0.2) is 4.79 Å². The van der Waals surface area contributed by atoms with E-state index in [0.717, 1.165) is 0 Å². The summed E-state index contributed by atoms with van der Waals surface area (Å²) in [6.07, 6.45) is 2.65. The van der Waals surface area contributed by atoms with Crippen LogP contribution in [0.25, 0.3) is 0 Å². The molecule has 0 aromatic rings. The van der Waals surface area contributed by atoms with E-state index in [2.05, 4.69) is 20.9 Å². The molecule has 0 aliphatic heterocycles. The van der Waals surface area contributed by atoms with Crippen LogP contribution in [0.1, 0.15) is 45.4 Å². The van der Waals surface area contributed by atoms with Crippen molar-refractivity contribution >= 4 is 41.4 Å². The summed E-state index contributed by atoms with van der Waals surface area (Å²) in [5, 5.41) is 26.6. The molecule has 0 aromatic carbocycles. The molecule has 15 heteroatoms. The topological polar surface area (TPSA) is 261 Å². The number of aliphatic carboxylic acids is 1. The minimum absolute atomic E-state index is 0.111. The van der Waals surface area contributed by atoms with Gasteiger partial charge in [-0.1, -0.05) is 0 Å². The Morgan fingerprint density at radius 2 is 1.42 bits per heavy atom. The molecular formula is C21H42N8O6S. The summed E-state index contributed by atoms with van der Waals surface area (Å²) in [6.45, 7) is 1.94. The van der Waals surface area contributed by atoms with Gasteiger partial charge in [0.1, 0.15) is 24.2 Å². The van der Waals surface area contributed by atoms with Crippen molar-refractivity contribution in [1.82, 2.24) is 16.0 Å². The molecule has 0 aliphatic rings. The molecule has 13 N–H and O–H groups in total. The largest absolute Gasteiger partial charge is 0.480 e. The number of carboxylic acids is 1. The van der Waals surface area contributed by atoms with Gasteiger partial charge in [-0.2, -0.15) is 11.8 Å². The van der Waals surface area contributed by atoms with Crippen LogP contribution in [-0.4, -0.2) is 95.2 Å². The number of aliphatic hydroxyl groups is 1. The van der Waals surface area contributed by atoms with E-state index in [0.29, 0.717) is 31.6 Å². The van der Waals surface area contributed by atoms with Crippen LogP contribution in [0.3, 0.4) is 0 Å². The lowest BCUT2D eigenvalue weighted by molar-refractivity contribution is -0.142. The Bertz CT molecular complexity index is 735. The van der Waals surface area contributed by atoms with Gasteiger partial charge in [-0.05, 0) is 64.0 Å². The minimum Gasteiger partial charge on any atom is -0.480 e. The fourth-order valence-corrected chi connectivity index (χ4v) is 3.53. The highest BCUT2D eigenvalue weighted by atomic mass is 32.2. The summed E-state index contributed by atoms with van der Waals surface area (Å²) in [7, 11) is 0. The summed E-state index contributed by atoms with van der Waals surface area (Å²) in [4.78, 5) is 53.8. The van der Waals surface area contributed by atoms with E-state index in [1.54, 1.807) is 0 Å². The second-order valence-electron chi connectivity index (χ2n) is 8.30. The number of aliphatic hydroxyl groups excluding tert-OH is 1. The standard InChI is InChI=1S/C21H42N8O6S/c1-12(30)16(23)19(33)28-14(8-11-36-2)18(32)27-13(7-5-10-26-21(24)25)17(31)29-15(20(34)35)6-3-4-9-22/h12-16,30H,3-11,22-23H2,1-2H3,(H,27,32)(H,28,33)(H,29,31)(H,34,35)(H4,24,25,26). The Hall–Kier alpha value is -2.62. The number of unbranched alkanes of at least 4 members (excludes halogenated alkanes) is 1. The number of aliphatic imine (C=N–C) groups is 1. The number of nitrogens with two attached hydrogens (primary N) is 4. The zero-order chi connectivity index (χ0) is 27.7. The second kappa shape index (κ2) is 18.6. The molecule has 0 bridgehead atoms. The molecule has 208 valence electrons. The molecule has 0 aromatic heterocycles. The van der Waals surface area contributed by atoms with Gasteiger partial charge < -0.3 is 49.1 Å². The van der Waals surface area contributed by atoms with Gasteiger partial charge in [0.15, 0.2) is 5.96 Å². The van der Waals surface area contributed by atoms with E-state index in [1.165, 1.54) is 18.7 Å². The normalized spacial score (nSPS) is 15.0. The van der Waals surface area contributed by atoms with Gasteiger partial charge in [-0.15, -0.1) is 0 Å². The zero-order valence-electron chi connectivity index (χ0n) is 20.9. The monoisotopic (exact) mass is 534 g/mol. The van der Waals surface area contributed by atoms with Crippen molar-refractivity contribution in [3.05, 3.63) is 0 Å². The predicted octanol–water partition coefficient (Wildman–Crippen LogP) is -2.83. The fourth-order valence-electron chi connectivity index (χ4n) is 3.06. The first-order valence-corrected chi connectivity index (χ1v) is 13.2. The van der Waals surface area contributed by atoms with Gasteiger partial charge in [0, 0.05) is 6.54 Å². The summed E-state index contributed by atoms with van der Waals surface area (Å²) in [6, 6.07) is -4.53. The average molecular weight is 535 g/mol. The van der Waals surface area contributed by atoms with E-state index >= 15 is 0 Å². The number of hydrogen-bond acceptors (Lipinski definition) is 9. The van der Waals surface area contributed by atoms with Crippen LogP contribution in [0.2, 0.25) is 0 Å². The number of nitrogens with zero attached hydrogens (tertiary/aromatic N) is 1. The lowest BCUT2D eigenvalue weighted by atomic mass is 10.1. The Morgan fingerprint density at radius 3 is 1.92 bits per heavy atom. The van der Waals surface area contributed by atoms with Crippen molar-refractivity contribution in [3.63, 3.8) is 0 Å². The lowest BCUT2D eigenvalue weighted by Crippen LogP contribution is -2.58. The highest BCUT2D eigenvalue weighted by molar-refractivity contribution is 7.98. The van der Waals surface area contributed by atoms with Crippen LogP contribution in [0.15, 0.2) is 4.99 Å². The van der Waals surface area contributed by atoms with E-state index in [9.17, 15) is 29.4 Å². The predicted molar refractivity (Wildman–Crippen MR) is 139 cm³/mol. The Morgan fingerprint density at radius 1 is 0.889 bits per heavy atom. The molecule has 0 radical (unpaired) electrons. The third-order valence-electron chi connectivity index (χ3n) is 5.21. The van der Waals surface area contributed by atoms with Crippen molar-refractivity contribution < 1.29 is 29.4 Å². The van der Waals surface area contributed by atoms with Crippen LogP contribution >= 0.6 is 11.8 Å². The molecule has 36 heavy (non-hydrogen) atoms. The number of hydrogen-bond donors (Lipinski definition) is 9. The Kier molecular flexibility index (Phi) is 17.3. The molecule has 0 rings (SSSR count). The molecule has 0 spiro atoms. The van der Waals surface area contributed by atoms with Crippen molar-refractivity contribution in [2.45, 2.75) is 75.7 Å². The number of thioether (sulfide) groups is 1. The Labute approximate surface area is 215 Å². The first kappa shape index (κ1) is 33.4. The van der Waals surface area contributed by atoms with E-state index in [-0.39, 0.29) is 31.8 Å². The van der Waals surface area contributed by atoms with Crippen molar-refractivity contribution in [3.8, 4) is 0 Å². The summed E-state index contributed by atoms with van der Waals surface area (Å²) in [5.41, 5.74) is 21.8. The number of nitrogens with one attached hydrogen (secondary N) is 3. The molecule has 0 saturated heterocycles. The van der Waals surface area contributed by atoms with Gasteiger partial charge in [-0.3, -0.25) is 19.4 Å². The molecular weight excluding hydrogens is 492 g/mol. The number of rotatable bonds is 19. The van der Waals surface area contributed by atoms with Crippen LogP contribution in [0, 0.1) is 0 Å². The Balaban J connectivity index is 5.57. The van der Waals surface area contributed by atoms with Crippen molar-refractivity contribution in [2.24, 2.45) is 27.9 Å². The second-order valence-corrected chi connectivity index (χ2v) is 9.29. The SMILES string of the molecule is CSCCC(NC(=O)C(N)C(C)O)C(=O)NC(CCCN=C(N)N)C(=O)NC(CCCCN)C(=O)O. The molecule has 14 nitrogen and oxygen atoms in total. The molecule has 5 unspecified atom stereocenters. The first-order chi connectivity index (χ1) is 16.9. The highest BCUT2D eigenvalue weighted by Crippen LogP contribution is 2.07. The number of carboxylic acid groups (broad SMARTS) is 1. The number of carbonyl (C=O) groups is 4. The van der Waals surface area contributed by atoms with E-state index in [1.807, 2.05) is 6.26 Å². The quantitative estimate of drug-likeness (QED) is 0.0463. The maximum absolute atomic E-state index is 13.0. The third-order valence-corrected chi connectivity index (χ3v) is 5.85. The molecule has 0 aliphatic carbocycles. The fraction of sp³-hybridized carbons (Fsp3) is 0.762. The third kappa shape index (κ3) is 14.1. The first-order valence-electron chi connectivity index (χ1n) is 11.8. The van der Waals surface area contributed by atoms with Gasteiger partial charge >= 0.3 is 5.97 Å². The maximum Gasteiger partial charge on any atom is 0.326 e. The average Bonchev–Trinajstić information content (AvgIpc) is 2.81. The molecule has 5 atom stereocenters. The van der Waals surface area contributed by atoms with Crippen molar-refractivity contribution in [2.75, 3.05) is 25.1 Å². The van der Waals surface area contributed by atoms with Gasteiger partial charge in [0.25, 0.3) is 0 Å². The van der Waals surface area contributed by atoms with Crippen LogP contribution in [0.5, 0.6) is 0 Å². The summed E-state index contributed by atoms with van der Waals surface area (Å²) in [5.74, 6) is -2.86. The van der Waals surface area contributed by atoms with Crippen LogP contribution in [0.4, 0.5) is 0 Å². The van der Waals surface area contributed by atoms with Crippen LogP contribution < -0.4 is 38.9 Å². The van der Waals surface area contributed by atoms with Crippen LogP contribution in [-0.2, 0) is 19.2 Å². The minimum atomic E-state index is -1.24. The molecule has 0 saturated carbocycles. The van der Waals surface area contributed by atoms with E-state index in [4.69, 9.17) is 22.9 Å². The maximum atomic E-state index is 13.0. The highest BCUT2D eigenvalue weighted by Gasteiger charge is 2.30. The van der Waals surface area contributed by atoms with Crippen molar-refractivity contribution in [1.29, 1.82) is 0 Å². The number of guanidine groups is 1. The summed E-state index contributed by atoms with van der Waals surface area (Å²) < 4.78 is 0. The lowest BCUT2D eigenvalue weighted by Gasteiger charge is -2.25.